The topological polar surface area (TPSA) is 69.5 Å². The zero-order valence-corrected chi connectivity index (χ0v) is 7.77. The molecule has 1 heterocycles. The van der Waals surface area contributed by atoms with E-state index in [0.29, 0.717) is 11.1 Å². The van der Waals surface area contributed by atoms with Crippen LogP contribution >= 0.6 is 0 Å². The monoisotopic (exact) mass is 197 g/mol. The predicted octanol–water partition coefficient (Wildman–Crippen LogP) is 1.31. The van der Waals surface area contributed by atoms with E-state index in [1.807, 2.05) is 12.1 Å². The summed E-state index contributed by atoms with van der Waals surface area (Å²) in [5.74, 6) is 0. The highest BCUT2D eigenvalue weighted by molar-refractivity contribution is 5.63. The van der Waals surface area contributed by atoms with Crippen LogP contribution in [-0.2, 0) is 0 Å². The van der Waals surface area contributed by atoms with Crippen molar-refractivity contribution in [3.63, 3.8) is 0 Å². The Labute approximate surface area is 85.8 Å². The fourth-order valence-electron chi connectivity index (χ4n) is 1.30. The molecule has 4 nitrogen and oxygen atoms in total. The van der Waals surface area contributed by atoms with Crippen LogP contribution < -0.4 is 5.56 Å². The summed E-state index contributed by atoms with van der Waals surface area (Å²) < 4.78 is 0. The zero-order valence-electron chi connectivity index (χ0n) is 7.77. The van der Waals surface area contributed by atoms with Crippen LogP contribution in [0.3, 0.4) is 0 Å². The van der Waals surface area contributed by atoms with Gasteiger partial charge in [-0.25, -0.2) is 5.10 Å². The molecule has 1 aromatic heterocycles. The van der Waals surface area contributed by atoms with Gasteiger partial charge in [0.2, 0.25) is 0 Å². The third-order valence-electron chi connectivity index (χ3n) is 1.99. The number of nitriles is 1. The maximum Gasteiger partial charge on any atom is 0.264 e. The molecule has 0 atom stereocenters. The van der Waals surface area contributed by atoms with Gasteiger partial charge in [-0.05, 0) is 17.7 Å². The van der Waals surface area contributed by atoms with Crippen LogP contribution in [0.1, 0.15) is 5.56 Å². The van der Waals surface area contributed by atoms with Gasteiger partial charge in [-0.2, -0.15) is 10.4 Å². The van der Waals surface area contributed by atoms with Crippen LogP contribution in [-0.4, -0.2) is 10.2 Å². The second kappa shape index (κ2) is 3.76. The van der Waals surface area contributed by atoms with E-state index in [4.69, 9.17) is 5.26 Å². The smallest absolute Gasteiger partial charge is 0.264 e. The van der Waals surface area contributed by atoms with Crippen molar-refractivity contribution in [3.8, 4) is 17.2 Å². The molecule has 72 valence electrons. The fourth-order valence-corrected chi connectivity index (χ4v) is 1.30. The molecular weight excluding hydrogens is 190 g/mol. The highest BCUT2D eigenvalue weighted by Gasteiger charge is 1.99. The molecule has 2 aromatic rings. The molecule has 0 aliphatic heterocycles. The lowest BCUT2D eigenvalue weighted by atomic mass is 10.1. The molecule has 2 rings (SSSR count). The Hall–Kier alpha value is -2.41. The maximum absolute atomic E-state index is 11.0. The normalized spacial score (nSPS) is 9.53. The van der Waals surface area contributed by atoms with Crippen molar-refractivity contribution in [2.45, 2.75) is 0 Å². The van der Waals surface area contributed by atoms with Gasteiger partial charge in [0, 0.05) is 11.6 Å². The van der Waals surface area contributed by atoms with Crippen molar-refractivity contribution in [2.24, 2.45) is 0 Å². The Kier molecular flexibility index (Phi) is 2.30. The van der Waals surface area contributed by atoms with E-state index in [2.05, 4.69) is 10.2 Å². The van der Waals surface area contributed by atoms with Crippen molar-refractivity contribution in [3.05, 3.63) is 52.4 Å². The lowest BCUT2D eigenvalue weighted by Gasteiger charge is -1.99. The standard InChI is InChI=1S/C11H7N3O/c12-6-8-2-1-3-9(4-8)10-5-11(15)14-13-7-10/h1-5,7H,(H,14,15). The number of rotatable bonds is 1. The SMILES string of the molecule is N#Cc1cccc(-c2cn[nH]c(=O)c2)c1. The highest BCUT2D eigenvalue weighted by atomic mass is 16.1. The minimum Gasteiger partial charge on any atom is -0.268 e. The Morgan fingerprint density at radius 1 is 1.27 bits per heavy atom. The summed E-state index contributed by atoms with van der Waals surface area (Å²) in [6.07, 6.45) is 1.55. The summed E-state index contributed by atoms with van der Waals surface area (Å²) in [4.78, 5) is 11.0. The molecule has 0 aliphatic carbocycles. The Bertz CT molecular complexity index is 581. The van der Waals surface area contributed by atoms with E-state index in [1.54, 1.807) is 24.4 Å². The molecule has 1 aromatic carbocycles. The molecule has 0 bridgehead atoms. The number of aromatic nitrogens is 2. The van der Waals surface area contributed by atoms with Crippen molar-refractivity contribution < 1.29 is 0 Å². The largest absolute Gasteiger partial charge is 0.268 e. The Balaban J connectivity index is 2.55. The van der Waals surface area contributed by atoms with Gasteiger partial charge in [-0.1, -0.05) is 12.1 Å². The van der Waals surface area contributed by atoms with Crippen molar-refractivity contribution in [2.75, 3.05) is 0 Å². The number of nitrogens with one attached hydrogen (secondary N) is 1. The molecule has 0 spiro atoms. The summed E-state index contributed by atoms with van der Waals surface area (Å²) >= 11 is 0. The van der Waals surface area contributed by atoms with Gasteiger partial charge in [-0.15, -0.1) is 0 Å². The zero-order chi connectivity index (χ0) is 10.7. The third-order valence-corrected chi connectivity index (χ3v) is 1.99. The van der Waals surface area contributed by atoms with Gasteiger partial charge >= 0.3 is 0 Å². The molecule has 0 fully saturated rings. The molecule has 0 unspecified atom stereocenters. The number of benzene rings is 1. The third kappa shape index (κ3) is 1.92. The van der Waals surface area contributed by atoms with Crippen LogP contribution in [0.5, 0.6) is 0 Å². The van der Waals surface area contributed by atoms with Crippen LogP contribution in [0.2, 0.25) is 0 Å². The molecule has 0 saturated heterocycles. The molecule has 4 heteroatoms. The summed E-state index contributed by atoms with van der Waals surface area (Å²) in [5.41, 5.74) is 1.83. The molecule has 0 amide bonds. The molecule has 0 aliphatic rings. The average Bonchev–Trinajstić information content (AvgIpc) is 2.29. The minimum atomic E-state index is -0.255. The summed E-state index contributed by atoms with van der Waals surface area (Å²) in [5, 5.41) is 14.7. The number of aromatic amines is 1. The quantitative estimate of drug-likeness (QED) is 0.749. The van der Waals surface area contributed by atoms with Crippen LogP contribution in [0, 0.1) is 11.3 Å². The van der Waals surface area contributed by atoms with Gasteiger partial charge < -0.3 is 0 Å². The van der Waals surface area contributed by atoms with Crippen LogP contribution in [0.25, 0.3) is 11.1 Å². The van der Waals surface area contributed by atoms with Gasteiger partial charge in [0.15, 0.2) is 0 Å². The molecule has 15 heavy (non-hydrogen) atoms. The van der Waals surface area contributed by atoms with Gasteiger partial charge in [0.25, 0.3) is 5.56 Å². The number of H-pyrrole nitrogens is 1. The lowest BCUT2D eigenvalue weighted by Crippen LogP contribution is -2.05. The number of hydrogen-bond acceptors (Lipinski definition) is 3. The van der Waals surface area contributed by atoms with Crippen LogP contribution in [0.15, 0.2) is 41.3 Å². The van der Waals surface area contributed by atoms with Gasteiger partial charge in [-0.3, -0.25) is 4.79 Å². The number of hydrogen-bond donors (Lipinski definition) is 1. The van der Waals surface area contributed by atoms with Gasteiger partial charge in [0.05, 0.1) is 17.8 Å². The van der Waals surface area contributed by atoms with E-state index in [1.165, 1.54) is 6.07 Å². The van der Waals surface area contributed by atoms with E-state index < -0.39 is 0 Å². The first kappa shape index (κ1) is 9.16. The first-order valence-corrected chi connectivity index (χ1v) is 4.35. The van der Waals surface area contributed by atoms with Crippen molar-refractivity contribution in [1.82, 2.24) is 10.2 Å². The summed E-state index contributed by atoms with van der Waals surface area (Å²) in [7, 11) is 0. The molecule has 1 N–H and O–H groups in total. The summed E-state index contributed by atoms with van der Waals surface area (Å²) in [6.45, 7) is 0. The van der Waals surface area contributed by atoms with Crippen molar-refractivity contribution in [1.29, 1.82) is 5.26 Å². The first-order valence-electron chi connectivity index (χ1n) is 4.35. The van der Waals surface area contributed by atoms with Crippen LogP contribution in [0.4, 0.5) is 0 Å². The Morgan fingerprint density at radius 2 is 2.13 bits per heavy atom. The second-order valence-corrected chi connectivity index (χ2v) is 3.03. The minimum absolute atomic E-state index is 0.255. The highest BCUT2D eigenvalue weighted by Crippen LogP contribution is 2.17. The van der Waals surface area contributed by atoms with E-state index in [-0.39, 0.29) is 5.56 Å². The van der Waals surface area contributed by atoms with E-state index in [0.717, 1.165) is 5.56 Å². The average molecular weight is 197 g/mol. The fraction of sp³-hybridized carbons (Fsp3) is 0. The van der Waals surface area contributed by atoms with Crippen molar-refractivity contribution >= 4 is 0 Å². The Morgan fingerprint density at radius 3 is 2.87 bits per heavy atom. The summed E-state index contributed by atoms with van der Waals surface area (Å²) in [6, 6.07) is 10.5. The molecule has 0 radical (unpaired) electrons. The lowest BCUT2D eigenvalue weighted by molar-refractivity contribution is 0.991. The molecule has 0 saturated carbocycles. The second-order valence-electron chi connectivity index (χ2n) is 3.03. The number of nitrogens with zero attached hydrogens (tertiary/aromatic N) is 2. The predicted molar refractivity (Wildman–Crippen MR) is 55.0 cm³/mol. The van der Waals surface area contributed by atoms with E-state index >= 15 is 0 Å². The maximum atomic E-state index is 11.0. The first-order chi connectivity index (χ1) is 7.29. The molecular formula is C11H7N3O. The van der Waals surface area contributed by atoms with Gasteiger partial charge in [0.1, 0.15) is 0 Å². The van der Waals surface area contributed by atoms with E-state index in [9.17, 15) is 4.79 Å².